The maximum Gasteiger partial charge on any atom is 0.0406 e. The van der Waals surface area contributed by atoms with Crippen LogP contribution in [0.4, 0.5) is 0 Å². The fourth-order valence-corrected chi connectivity index (χ4v) is 2.38. The minimum absolute atomic E-state index is 0.759. The second-order valence-electron chi connectivity index (χ2n) is 4.78. The molecule has 0 N–H and O–H groups in total. The number of benzene rings is 3. The molecule has 0 aliphatic heterocycles. The van der Waals surface area contributed by atoms with E-state index in [1.54, 1.807) is 0 Å². The van der Waals surface area contributed by atoms with Gasteiger partial charge in [0.05, 0.1) is 0 Å². The van der Waals surface area contributed by atoms with Crippen molar-refractivity contribution in [1.29, 1.82) is 0 Å². The zero-order valence-corrected chi connectivity index (χ0v) is 11.8. The van der Waals surface area contributed by atoms with Gasteiger partial charge in [0.1, 0.15) is 0 Å². The van der Waals surface area contributed by atoms with Crippen LogP contribution >= 0.6 is 11.6 Å². The highest BCUT2D eigenvalue weighted by Gasteiger charge is 2.01. The van der Waals surface area contributed by atoms with Gasteiger partial charge in [-0.05, 0) is 46.9 Å². The van der Waals surface area contributed by atoms with E-state index < -0.39 is 0 Å². The van der Waals surface area contributed by atoms with Gasteiger partial charge in [-0.15, -0.1) is 0 Å². The third-order valence-electron chi connectivity index (χ3n) is 3.27. The van der Waals surface area contributed by atoms with Gasteiger partial charge in [0.25, 0.3) is 0 Å². The zero-order valence-electron chi connectivity index (χ0n) is 11.0. The van der Waals surface area contributed by atoms with Gasteiger partial charge in [0.15, 0.2) is 0 Å². The van der Waals surface area contributed by atoms with Crippen LogP contribution in [0.5, 0.6) is 0 Å². The van der Waals surface area contributed by atoms with Gasteiger partial charge < -0.3 is 0 Å². The summed E-state index contributed by atoms with van der Waals surface area (Å²) < 4.78 is 0. The van der Waals surface area contributed by atoms with Crippen molar-refractivity contribution in [2.45, 2.75) is 6.42 Å². The van der Waals surface area contributed by atoms with E-state index in [9.17, 15) is 0 Å². The topological polar surface area (TPSA) is 0 Å². The first kappa shape index (κ1) is 13.0. The Morgan fingerprint density at radius 2 is 1.55 bits per heavy atom. The molecule has 3 rings (SSSR count). The van der Waals surface area contributed by atoms with E-state index in [0.29, 0.717) is 0 Å². The molecule has 0 atom stereocenters. The lowest BCUT2D eigenvalue weighted by Crippen LogP contribution is -1.88. The van der Waals surface area contributed by atoms with Crippen molar-refractivity contribution < 1.29 is 0 Å². The van der Waals surface area contributed by atoms with Crippen LogP contribution in [-0.2, 0) is 6.42 Å². The van der Waals surface area contributed by atoms with Crippen LogP contribution in [0.3, 0.4) is 0 Å². The molecule has 0 bridgehead atoms. The van der Waals surface area contributed by atoms with E-state index in [1.807, 2.05) is 36.4 Å². The van der Waals surface area contributed by atoms with Crippen molar-refractivity contribution in [2.24, 2.45) is 0 Å². The molecule has 0 nitrogen and oxygen atoms in total. The number of rotatable bonds is 3. The van der Waals surface area contributed by atoms with Crippen LogP contribution in [0, 0.1) is 6.07 Å². The van der Waals surface area contributed by atoms with Gasteiger partial charge in [-0.1, -0.05) is 72.3 Å². The molecule has 97 valence electrons. The van der Waals surface area contributed by atoms with Crippen molar-refractivity contribution >= 4 is 11.6 Å². The molecule has 0 saturated carbocycles. The Morgan fingerprint density at radius 3 is 2.30 bits per heavy atom. The highest BCUT2D eigenvalue weighted by molar-refractivity contribution is 6.30. The number of halogens is 1. The predicted molar refractivity (Wildman–Crippen MR) is 85.0 cm³/mol. The summed E-state index contributed by atoms with van der Waals surface area (Å²) in [4.78, 5) is 0. The van der Waals surface area contributed by atoms with Crippen LogP contribution in [0.15, 0.2) is 72.8 Å². The molecular weight excluding hydrogens is 264 g/mol. The van der Waals surface area contributed by atoms with Gasteiger partial charge in [0, 0.05) is 5.02 Å². The second kappa shape index (κ2) is 5.94. The maximum atomic E-state index is 5.93. The monoisotopic (exact) mass is 277 g/mol. The Labute approximate surface area is 124 Å². The smallest absolute Gasteiger partial charge is 0.0406 e. The van der Waals surface area contributed by atoms with Crippen LogP contribution in [0.25, 0.3) is 11.1 Å². The average Bonchev–Trinajstić information content (AvgIpc) is 2.49. The first-order valence-electron chi connectivity index (χ1n) is 6.62. The first-order chi connectivity index (χ1) is 9.81. The molecule has 0 spiro atoms. The van der Waals surface area contributed by atoms with E-state index in [4.69, 9.17) is 11.6 Å². The van der Waals surface area contributed by atoms with E-state index in [0.717, 1.165) is 22.6 Å². The summed E-state index contributed by atoms with van der Waals surface area (Å²) in [5, 5.41) is 0.759. The minimum atomic E-state index is 0.759. The summed E-state index contributed by atoms with van der Waals surface area (Å²) in [6, 6.07) is 28.0. The van der Waals surface area contributed by atoms with Crippen molar-refractivity contribution in [3.63, 3.8) is 0 Å². The second-order valence-corrected chi connectivity index (χ2v) is 5.22. The van der Waals surface area contributed by atoms with E-state index in [2.05, 4.69) is 42.5 Å². The molecule has 0 unspecified atom stereocenters. The number of hydrogen-bond donors (Lipinski definition) is 0. The van der Waals surface area contributed by atoms with Crippen molar-refractivity contribution in [1.82, 2.24) is 0 Å². The molecule has 0 aliphatic rings. The quantitative estimate of drug-likeness (QED) is 0.601. The number of hydrogen-bond acceptors (Lipinski definition) is 0. The third kappa shape index (κ3) is 3.09. The zero-order chi connectivity index (χ0) is 13.8. The molecule has 1 heteroatoms. The van der Waals surface area contributed by atoms with Crippen LogP contribution in [0.1, 0.15) is 11.1 Å². The van der Waals surface area contributed by atoms with E-state index in [1.165, 1.54) is 11.1 Å². The Morgan fingerprint density at radius 1 is 0.800 bits per heavy atom. The normalized spacial score (nSPS) is 10.4. The summed E-state index contributed by atoms with van der Waals surface area (Å²) in [6.07, 6.45) is 0.941. The lowest BCUT2D eigenvalue weighted by atomic mass is 9.99. The molecular formula is C19H14Cl. The van der Waals surface area contributed by atoms with Crippen molar-refractivity contribution in [3.8, 4) is 11.1 Å². The summed E-state index contributed by atoms with van der Waals surface area (Å²) >= 11 is 5.93. The predicted octanol–water partition coefficient (Wildman–Crippen LogP) is 5.40. The van der Waals surface area contributed by atoms with Crippen LogP contribution < -0.4 is 0 Å². The Balaban J connectivity index is 1.88. The lowest BCUT2D eigenvalue weighted by Gasteiger charge is -2.06. The third-order valence-corrected chi connectivity index (χ3v) is 3.52. The maximum absolute atomic E-state index is 5.93. The highest BCUT2D eigenvalue weighted by Crippen LogP contribution is 2.23. The van der Waals surface area contributed by atoms with Crippen molar-refractivity contribution in [2.75, 3.05) is 0 Å². The van der Waals surface area contributed by atoms with Crippen molar-refractivity contribution in [3.05, 3.63) is 95.0 Å². The van der Waals surface area contributed by atoms with Crippen LogP contribution in [0.2, 0.25) is 5.02 Å². The summed E-state index contributed by atoms with van der Waals surface area (Å²) in [5.74, 6) is 0. The highest BCUT2D eigenvalue weighted by atomic mass is 35.5. The van der Waals surface area contributed by atoms with E-state index >= 15 is 0 Å². The molecule has 3 aromatic rings. The van der Waals surface area contributed by atoms with Crippen LogP contribution in [-0.4, -0.2) is 0 Å². The van der Waals surface area contributed by atoms with Gasteiger partial charge >= 0.3 is 0 Å². The molecule has 0 amide bonds. The molecule has 0 saturated heterocycles. The van der Waals surface area contributed by atoms with Gasteiger partial charge in [-0.3, -0.25) is 0 Å². The summed E-state index contributed by atoms with van der Waals surface area (Å²) in [5.41, 5.74) is 4.86. The Kier molecular flexibility index (Phi) is 3.85. The molecule has 0 heterocycles. The fraction of sp³-hybridized carbons (Fsp3) is 0.0526. The molecule has 3 aromatic carbocycles. The van der Waals surface area contributed by atoms with Gasteiger partial charge in [-0.2, -0.15) is 0 Å². The SMILES string of the molecule is Clc1ccc(-c2[c]ccc(Cc3ccccc3)c2)cc1. The molecule has 0 aliphatic carbocycles. The van der Waals surface area contributed by atoms with Gasteiger partial charge in [0.2, 0.25) is 0 Å². The fourth-order valence-electron chi connectivity index (χ4n) is 2.25. The molecule has 1 radical (unpaired) electrons. The molecule has 0 aromatic heterocycles. The van der Waals surface area contributed by atoms with E-state index in [-0.39, 0.29) is 0 Å². The Bertz CT molecular complexity index is 684. The lowest BCUT2D eigenvalue weighted by molar-refractivity contribution is 1.19. The Hall–Kier alpha value is -2.05. The molecule has 0 fully saturated rings. The molecule has 20 heavy (non-hydrogen) atoms. The minimum Gasteiger partial charge on any atom is -0.0843 e. The standard InChI is InChI=1S/C19H14Cl/c20-19-11-9-17(10-12-19)18-8-4-7-16(14-18)13-15-5-2-1-3-6-15/h1-7,9-12,14H,13H2. The first-order valence-corrected chi connectivity index (χ1v) is 6.99. The largest absolute Gasteiger partial charge is 0.0843 e. The summed E-state index contributed by atoms with van der Waals surface area (Å²) in [7, 11) is 0. The van der Waals surface area contributed by atoms with Gasteiger partial charge in [-0.25, -0.2) is 0 Å². The average molecular weight is 278 g/mol. The summed E-state index contributed by atoms with van der Waals surface area (Å²) in [6.45, 7) is 0.